The van der Waals surface area contributed by atoms with Gasteiger partial charge in [-0.25, -0.2) is 0 Å². The van der Waals surface area contributed by atoms with Crippen molar-refractivity contribution in [2.45, 2.75) is 6.42 Å². The van der Waals surface area contributed by atoms with Gasteiger partial charge in [0, 0.05) is 20.2 Å². The van der Waals surface area contributed by atoms with Crippen LogP contribution in [0.2, 0.25) is 0 Å². The summed E-state index contributed by atoms with van der Waals surface area (Å²) in [4.78, 5) is 13.6. The third-order valence-corrected chi connectivity index (χ3v) is 2.77. The van der Waals surface area contributed by atoms with Gasteiger partial charge in [-0.2, -0.15) is 0 Å². The highest BCUT2D eigenvalue weighted by molar-refractivity contribution is 5.77. The van der Waals surface area contributed by atoms with Gasteiger partial charge in [0.05, 0.1) is 13.2 Å². The molecule has 0 bridgehead atoms. The molecule has 1 fully saturated rings. The van der Waals surface area contributed by atoms with Crippen LogP contribution in [0.15, 0.2) is 0 Å². The molecule has 1 amide bonds. The lowest BCUT2D eigenvalue weighted by atomic mass is 10.1. The predicted molar refractivity (Wildman–Crippen MR) is 63.4 cm³/mol. The van der Waals surface area contributed by atoms with Gasteiger partial charge in [-0.15, -0.1) is 0 Å². The quantitative estimate of drug-likeness (QED) is 0.566. The van der Waals surface area contributed by atoms with Crippen molar-refractivity contribution in [1.82, 2.24) is 15.5 Å². The predicted octanol–water partition coefficient (Wildman–Crippen LogP) is -0.710. The molecule has 0 spiro atoms. The van der Waals surface area contributed by atoms with Gasteiger partial charge >= 0.3 is 0 Å². The Balaban J connectivity index is 2.07. The molecular formula is C11H23N3O2. The topological polar surface area (TPSA) is 53.6 Å². The van der Waals surface area contributed by atoms with Crippen LogP contribution in [0, 0.1) is 5.92 Å². The molecule has 1 heterocycles. The highest BCUT2D eigenvalue weighted by Gasteiger charge is 2.17. The maximum Gasteiger partial charge on any atom is 0.234 e. The fraction of sp³-hybridized carbons (Fsp3) is 0.909. The van der Waals surface area contributed by atoms with E-state index in [0.717, 1.165) is 19.6 Å². The first-order valence-electron chi connectivity index (χ1n) is 5.87. The van der Waals surface area contributed by atoms with Crippen LogP contribution >= 0.6 is 0 Å². The van der Waals surface area contributed by atoms with E-state index in [0.29, 0.717) is 25.6 Å². The fourth-order valence-corrected chi connectivity index (χ4v) is 1.97. The molecule has 5 nitrogen and oxygen atoms in total. The van der Waals surface area contributed by atoms with Gasteiger partial charge < -0.3 is 15.4 Å². The number of hydrogen-bond donors (Lipinski definition) is 2. The molecule has 0 aromatic carbocycles. The first kappa shape index (κ1) is 13.4. The Morgan fingerprint density at radius 1 is 1.62 bits per heavy atom. The van der Waals surface area contributed by atoms with Crippen molar-refractivity contribution in [3.05, 3.63) is 0 Å². The molecule has 0 aromatic heterocycles. The molecule has 0 radical (unpaired) electrons. The number of hydrogen-bond acceptors (Lipinski definition) is 4. The molecule has 2 N–H and O–H groups in total. The summed E-state index contributed by atoms with van der Waals surface area (Å²) in [6.07, 6.45) is 1.22. The van der Waals surface area contributed by atoms with Crippen LogP contribution < -0.4 is 10.6 Å². The Hall–Kier alpha value is -0.650. The molecule has 1 saturated heterocycles. The van der Waals surface area contributed by atoms with Crippen molar-refractivity contribution in [2.75, 3.05) is 53.5 Å². The normalized spacial score (nSPS) is 20.3. The van der Waals surface area contributed by atoms with Crippen molar-refractivity contribution in [3.8, 4) is 0 Å². The Morgan fingerprint density at radius 2 is 2.44 bits per heavy atom. The van der Waals surface area contributed by atoms with Crippen molar-refractivity contribution in [2.24, 2.45) is 5.92 Å². The smallest absolute Gasteiger partial charge is 0.234 e. The first-order chi connectivity index (χ1) is 7.72. The van der Waals surface area contributed by atoms with E-state index in [2.05, 4.69) is 15.5 Å². The number of methoxy groups -OCH3 is 1. The number of likely N-dealkylation sites (N-methyl/N-ethyl adjacent to an activating group) is 1. The summed E-state index contributed by atoms with van der Waals surface area (Å²) in [5.74, 6) is 0.766. The summed E-state index contributed by atoms with van der Waals surface area (Å²) in [6.45, 7) is 4.81. The standard InChI is InChI=1S/C11H23N3O2/c1-14(8-10-3-4-12-7-10)9-11(15)13-5-6-16-2/h10,12H,3-9H2,1-2H3,(H,13,15). The molecule has 5 heteroatoms. The van der Waals surface area contributed by atoms with E-state index in [1.807, 2.05) is 7.05 Å². The van der Waals surface area contributed by atoms with Crippen molar-refractivity contribution in [1.29, 1.82) is 0 Å². The van der Waals surface area contributed by atoms with Gasteiger partial charge in [0.1, 0.15) is 0 Å². The number of carbonyl (C=O) groups is 1. The number of carbonyl (C=O) groups excluding carboxylic acids is 1. The maximum absolute atomic E-state index is 11.5. The molecule has 1 rings (SSSR count). The van der Waals surface area contributed by atoms with Gasteiger partial charge in [0.15, 0.2) is 0 Å². The lowest BCUT2D eigenvalue weighted by molar-refractivity contribution is -0.122. The first-order valence-corrected chi connectivity index (χ1v) is 5.87. The number of rotatable bonds is 7. The van der Waals surface area contributed by atoms with Gasteiger partial charge in [-0.3, -0.25) is 9.69 Å². The Labute approximate surface area is 97.5 Å². The molecule has 1 atom stereocenters. The zero-order valence-electron chi connectivity index (χ0n) is 10.3. The van der Waals surface area contributed by atoms with Gasteiger partial charge in [0.2, 0.25) is 5.91 Å². The molecule has 0 aliphatic carbocycles. The Kier molecular flexibility index (Phi) is 6.37. The summed E-state index contributed by atoms with van der Waals surface area (Å²) < 4.78 is 4.87. The summed E-state index contributed by atoms with van der Waals surface area (Å²) >= 11 is 0. The third-order valence-electron chi connectivity index (χ3n) is 2.77. The van der Waals surface area contributed by atoms with E-state index < -0.39 is 0 Å². The molecule has 1 aliphatic heterocycles. The molecule has 0 aromatic rings. The lowest BCUT2D eigenvalue weighted by Gasteiger charge is -2.19. The van der Waals surface area contributed by atoms with Crippen LogP contribution in [0.25, 0.3) is 0 Å². The minimum absolute atomic E-state index is 0.0745. The van der Waals surface area contributed by atoms with Gasteiger partial charge in [0.25, 0.3) is 0 Å². The fourth-order valence-electron chi connectivity index (χ4n) is 1.97. The lowest BCUT2D eigenvalue weighted by Crippen LogP contribution is -2.38. The summed E-state index contributed by atoms with van der Waals surface area (Å²) in [6, 6.07) is 0. The van der Waals surface area contributed by atoms with E-state index in [9.17, 15) is 4.79 Å². The second kappa shape index (κ2) is 7.60. The second-order valence-electron chi connectivity index (χ2n) is 4.40. The zero-order chi connectivity index (χ0) is 11.8. The van der Waals surface area contributed by atoms with Gasteiger partial charge in [-0.1, -0.05) is 0 Å². The zero-order valence-corrected chi connectivity index (χ0v) is 10.3. The largest absolute Gasteiger partial charge is 0.383 e. The monoisotopic (exact) mass is 229 g/mol. The average molecular weight is 229 g/mol. The van der Waals surface area contributed by atoms with E-state index >= 15 is 0 Å². The second-order valence-corrected chi connectivity index (χ2v) is 4.40. The van der Waals surface area contributed by atoms with Crippen LogP contribution in [0.5, 0.6) is 0 Å². The van der Waals surface area contributed by atoms with E-state index in [-0.39, 0.29) is 5.91 Å². The van der Waals surface area contributed by atoms with Crippen LogP contribution in [0.3, 0.4) is 0 Å². The number of ether oxygens (including phenoxy) is 1. The third kappa shape index (κ3) is 5.44. The molecule has 1 unspecified atom stereocenters. The highest BCUT2D eigenvalue weighted by atomic mass is 16.5. The molecule has 94 valence electrons. The number of amides is 1. The van der Waals surface area contributed by atoms with Crippen molar-refractivity contribution in [3.63, 3.8) is 0 Å². The van der Waals surface area contributed by atoms with Crippen molar-refractivity contribution < 1.29 is 9.53 Å². The van der Waals surface area contributed by atoms with Gasteiger partial charge in [-0.05, 0) is 32.5 Å². The number of nitrogens with one attached hydrogen (secondary N) is 2. The molecule has 1 aliphatic rings. The Morgan fingerprint density at radius 3 is 3.06 bits per heavy atom. The van der Waals surface area contributed by atoms with Crippen LogP contribution in [-0.4, -0.2) is 64.3 Å². The van der Waals surface area contributed by atoms with Crippen molar-refractivity contribution >= 4 is 5.91 Å². The summed E-state index contributed by atoms with van der Waals surface area (Å²) in [5, 5.41) is 6.15. The molecular weight excluding hydrogens is 206 g/mol. The minimum atomic E-state index is 0.0745. The van der Waals surface area contributed by atoms with Crippen LogP contribution in [0.4, 0.5) is 0 Å². The SMILES string of the molecule is COCCNC(=O)CN(C)CC1CCNC1. The van der Waals surface area contributed by atoms with E-state index in [1.54, 1.807) is 7.11 Å². The van der Waals surface area contributed by atoms with Crippen LogP contribution in [0.1, 0.15) is 6.42 Å². The Bertz CT molecular complexity index is 205. The van der Waals surface area contributed by atoms with E-state index in [4.69, 9.17) is 4.74 Å². The maximum atomic E-state index is 11.5. The van der Waals surface area contributed by atoms with Crippen LogP contribution in [-0.2, 0) is 9.53 Å². The summed E-state index contributed by atoms with van der Waals surface area (Å²) in [5.41, 5.74) is 0. The average Bonchev–Trinajstić information content (AvgIpc) is 2.70. The minimum Gasteiger partial charge on any atom is -0.383 e. The molecule has 16 heavy (non-hydrogen) atoms. The highest BCUT2D eigenvalue weighted by Crippen LogP contribution is 2.08. The van der Waals surface area contributed by atoms with E-state index in [1.165, 1.54) is 6.42 Å². The molecule has 0 saturated carbocycles. The number of nitrogens with zero attached hydrogens (tertiary/aromatic N) is 1. The summed E-state index contributed by atoms with van der Waals surface area (Å²) in [7, 11) is 3.62.